The number of alkyl carbamates (subject to hydrolysis) is 1. The number of rotatable bonds is 9. The Bertz CT molecular complexity index is 1650. The van der Waals surface area contributed by atoms with E-state index in [2.05, 4.69) is 64.4 Å². The van der Waals surface area contributed by atoms with Gasteiger partial charge < -0.3 is 0 Å². The quantitative estimate of drug-likeness (QED) is 0.0524. The summed E-state index contributed by atoms with van der Waals surface area (Å²) >= 11 is 5.48. The van der Waals surface area contributed by atoms with Gasteiger partial charge in [-0.15, -0.1) is 0 Å². The zero-order chi connectivity index (χ0) is 39.5. The summed E-state index contributed by atoms with van der Waals surface area (Å²) in [6, 6.07) is 7.24. The molecule has 0 heterocycles. The number of carbonyl (C=O) groups is 2. The Morgan fingerprint density at radius 1 is 0.907 bits per heavy atom. The van der Waals surface area contributed by atoms with Crippen LogP contribution in [0.2, 0.25) is 5.02 Å². The molecule has 0 spiro atoms. The molecule has 5 aliphatic carbocycles. The third-order valence-electron chi connectivity index (χ3n) is 15.3. The van der Waals surface area contributed by atoms with E-state index in [1.54, 1.807) is 29.4 Å². The summed E-state index contributed by atoms with van der Waals surface area (Å²) in [5.74, 6) is 2.11. The summed E-state index contributed by atoms with van der Waals surface area (Å²) in [6.07, 6.45) is 12.9. The predicted octanol–water partition coefficient (Wildman–Crippen LogP) is 7.24. The van der Waals surface area contributed by atoms with Crippen LogP contribution < -0.4 is 37.2 Å². The molecular formula is C45H68ClIN3O4-. The van der Waals surface area contributed by atoms with Crippen LogP contribution in [0.25, 0.3) is 0 Å². The van der Waals surface area contributed by atoms with Gasteiger partial charge in [0.05, 0.1) is 0 Å². The second kappa shape index (κ2) is 15.2. The van der Waals surface area contributed by atoms with Crippen molar-refractivity contribution in [3.8, 4) is 0 Å². The molecule has 8 atom stereocenters. The van der Waals surface area contributed by atoms with E-state index in [4.69, 9.17) is 16.3 Å². The van der Waals surface area contributed by atoms with E-state index < -0.39 is 32.9 Å². The Morgan fingerprint density at radius 2 is 1.59 bits per heavy atom. The molecule has 302 valence electrons. The molecular weight excluding hydrogens is 809 g/mol. The standard InChI is InChI=1S/C45H68ClIN3O4/c1-28(2)31-17-22-45(47-36(48-25-26-49-39(53)54-40(3,4)5)27-37(52)50-30-13-11-29(46)12-14-30)24-23-43(9)32(38(31)45)15-16-34-42(8)20-19-35(51)41(6,7)33(42)18-21-44(34,43)10/h11-14,27-28,32-35,48,51H,15-26H2,1-10H3,(H,49,53)(H,50,52)/q-1/b36-27-/t32?,33-,34?,35+,42+,43-,44-,45?/m1/s1. The van der Waals surface area contributed by atoms with Crippen LogP contribution in [0.1, 0.15) is 133 Å². The van der Waals surface area contributed by atoms with E-state index in [1.807, 2.05) is 32.9 Å². The maximum absolute atomic E-state index is 13.6. The summed E-state index contributed by atoms with van der Waals surface area (Å²) < 4.78 is 6.60. The Morgan fingerprint density at radius 3 is 2.26 bits per heavy atom. The number of hydrogen-bond acceptors (Lipinski definition) is 5. The summed E-state index contributed by atoms with van der Waals surface area (Å²) in [5, 5.41) is 21.4. The molecule has 4 saturated carbocycles. The van der Waals surface area contributed by atoms with Crippen LogP contribution in [0.5, 0.6) is 0 Å². The molecule has 4 N–H and O–H groups in total. The number of aliphatic hydroxyl groups excluding tert-OH is 1. The van der Waals surface area contributed by atoms with Crippen LogP contribution in [-0.4, -0.2) is 45.3 Å². The monoisotopic (exact) mass is 876 g/mol. The number of allylic oxidation sites excluding steroid dienone is 2. The van der Waals surface area contributed by atoms with Gasteiger partial charge in [0, 0.05) is 0 Å². The molecule has 0 saturated heterocycles. The van der Waals surface area contributed by atoms with Crippen LogP contribution in [-0.2, 0) is 9.53 Å². The number of amides is 2. The summed E-state index contributed by atoms with van der Waals surface area (Å²) in [5.41, 5.74) is 4.25. The molecule has 1 aromatic carbocycles. The Balaban J connectivity index is 1.29. The van der Waals surface area contributed by atoms with Gasteiger partial charge in [0.15, 0.2) is 0 Å². The van der Waals surface area contributed by atoms with Crippen molar-refractivity contribution in [1.29, 1.82) is 0 Å². The van der Waals surface area contributed by atoms with Gasteiger partial charge in [0.2, 0.25) is 0 Å². The first-order chi connectivity index (χ1) is 25.1. The Hall–Kier alpha value is -1.78. The number of halogens is 2. The molecule has 3 unspecified atom stereocenters. The third-order valence-corrected chi connectivity index (χ3v) is 19.5. The van der Waals surface area contributed by atoms with Gasteiger partial charge in [-0.25, -0.2) is 0 Å². The number of aliphatic hydroxyl groups is 1. The van der Waals surface area contributed by atoms with Crippen LogP contribution in [0.3, 0.4) is 0 Å². The number of fused-ring (bicyclic) bond motifs is 7. The first kappa shape index (κ1) is 41.8. The van der Waals surface area contributed by atoms with Crippen molar-refractivity contribution >= 4 is 29.3 Å². The second-order valence-electron chi connectivity index (χ2n) is 20.0. The molecule has 0 aromatic heterocycles. The molecule has 4 fully saturated rings. The number of alkyl halides is 1. The van der Waals surface area contributed by atoms with Crippen molar-refractivity contribution in [1.82, 2.24) is 10.6 Å². The molecule has 0 aliphatic heterocycles. The second-order valence-corrected chi connectivity index (χ2v) is 24.2. The molecule has 54 heavy (non-hydrogen) atoms. The zero-order valence-electron chi connectivity index (χ0n) is 34.7. The number of nitrogens with one attached hydrogen (secondary N) is 3. The van der Waals surface area contributed by atoms with Crippen LogP contribution >= 0.6 is 11.6 Å². The van der Waals surface area contributed by atoms with E-state index in [0.717, 1.165) is 29.4 Å². The van der Waals surface area contributed by atoms with Crippen molar-refractivity contribution in [2.75, 3.05) is 18.4 Å². The van der Waals surface area contributed by atoms with Crippen molar-refractivity contribution in [3.05, 3.63) is 50.2 Å². The van der Waals surface area contributed by atoms with E-state index in [9.17, 15) is 14.7 Å². The van der Waals surface area contributed by atoms with Crippen LogP contribution in [0.15, 0.2) is 45.2 Å². The van der Waals surface area contributed by atoms with Crippen LogP contribution in [0, 0.1) is 45.3 Å². The topological polar surface area (TPSA) is 99.7 Å². The Kier molecular flexibility index (Phi) is 11.8. The van der Waals surface area contributed by atoms with E-state index >= 15 is 0 Å². The van der Waals surface area contributed by atoms with Gasteiger partial charge in [-0.2, -0.15) is 0 Å². The fourth-order valence-corrected chi connectivity index (χ4v) is 16.8. The van der Waals surface area contributed by atoms with E-state index in [1.165, 1.54) is 38.5 Å². The van der Waals surface area contributed by atoms with Gasteiger partial charge in [-0.3, -0.25) is 0 Å². The van der Waals surface area contributed by atoms with Gasteiger partial charge in [0.1, 0.15) is 0 Å². The molecule has 9 heteroatoms. The molecule has 7 nitrogen and oxygen atoms in total. The number of hydrogen-bond donors (Lipinski definition) is 4. The first-order valence-corrected chi connectivity index (χ1v) is 23.3. The molecule has 2 amide bonds. The number of ether oxygens (including phenoxy) is 1. The van der Waals surface area contributed by atoms with Crippen molar-refractivity contribution in [3.63, 3.8) is 0 Å². The molecule has 1 aromatic rings. The van der Waals surface area contributed by atoms with Gasteiger partial charge in [-0.1, -0.05) is 0 Å². The molecule has 6 rings (SSSR count). The van der Waals surface area contributed by atoms with Crippen molar-refractivity contribution < 1.29 is 40.6 Å². The SMILES string of the molecule is CC(C)C1=C2C3CCC4[C@@]5(C)CC[C@H](O)C(C)(C)[C@H]5CC[C@@]4(C)[C@]3(C)CCC2([I-]/C(=C/C(=O)Nc2ccc(Cl)cc2)NCCNC(=O)OC(C)(C)C)CC1. The van der Waals surface area contributed by atoms with Gasteiger partial charge in [-0.05, 0) is 0 Å². The first-order valence-electron chi connectivity index (χ1n) is 20.7. The summed E-state index contributed by atoms with van der Waals surface area (Å²) in [7, 11) is 0. The summed E-state index contributed by atoms with van der Waals surface area (Å²) in [4.78, 5) is 26.1. The van der Waals surface area contributed by atoms with Gasteiger partial charge >= 0.3 is 343 Å². The predicted molar refractivity (Wildman–Crippen MR) is 216 cm³/mol. The van der Waals surface area contributed by atoms with E-state index in [0.29, 0.717) is 47.5 Å². The minimum absolute atomic E-state index is 0.0466. The summed E-state index contributed by atoms with van der Waals surface area (Å²) in [6.45, 7) is 24.0. The minimum atomic E-state index is -0.648. The fraction of sp³-hybridized carbons (Fsp3) is 0.733. The molecule has 5 aliphatic rings. The average Bonchev–Trinajstić information content (AvgIpc) is 3.45. The normalized spacial score (nSPS) is 36.1. The molecule has 0 bridgehead atoms. The number of anilines is 1. The maximum atomic E-state index is 13.6. The van der Waals surface area contributed by atoms with Gasteiger partial charge in [0.25, 0.3) is 0 Å². The van der Waals surface area contributed by atoms with Crippen LogP contribution in [0.4, 0.5) is 10.5 Å². The fourth-order valence-electron chi connectivity index (χ4n) is 12.5. The third kappa shape index (κ3) is 7.64. The average molecular weight is 877 g/mol. The number of carbonyl (C=O) groups excluding carboxylic acids is 2. The number of benzene rings is 1. The zero-order valence-corrected chi connectivity index (χ0v) is 37.6. The van der Waals surface area contributed by atoms with Crippen molar-refractivity contribution in [2.24, 2.45) is 45.3 Å². The molecule has 0 radical (unpaired) electrons. The van der Waals surface area contributed by atoms with Crippen molar-refractivity contribution in [2.45, 2.75) is 149 Å². The Labute approximate surface area is 341 Å². The van der Waals surface area contributed by atoms with E-state index in [-0.39, 0.29) is 37.1 Å².